The number of hydrogen-bond donors (Lipinski definition) is 1. The van der Waals surface area contributed by atoms with E-state index in [1.807, 2.05) is 24.3 Å². The molecule has 4 rings (SSSR count). The van der Waals surface area contributed by atoms with Crippen molar-refractivity contribution >= 4 is 16.9 Å². The molecule has 0 atom stereocenters. The molecule has 1 amide bonds. The molecule has 1 aliphatic rings. The van der Waals surface area contributed by atoms with Gasteiger partial charge in [0.25, 0.3) is 0 Å². The summed E-state index contributed by atoms with van der Waals surface area (Å²) in [6, 6.07) is 7.56. The molecule has 8 heteroatoms. The van der Waals surface area contributed by atoms with Crippen LogP contribution in [0.25, 0.3) is 11.0 Å². The number of fused-ring (bicyclic) bond motifs is 1. The molecule has 1 fully saturated rings. The molecule has 0 spiro atoms. The van der Waals surface area contributed by atoms with E-state index < -0.39 is 5.54 Å². The summed E-state index contributed by atoms with van der Waals surface area (Å²) in [5.74, 6) is 1.06. The van der Waals surface area contributed by atoms with Gasteiger partial charge in [0.15, 0.2) is 11.4 Å². The monoisotopic (exact) mass is 397 g/mol. The van der Waals surface area contributed by atoms with Crippen LogP contribution in [0.15, 0.2) is 33.3 Å². The molecular formula is C21H27N5O3. The first-order valence-electron chi connectivity index (χ1n) is 10.3. The van der Waals surface area contributed by atoms with Crippen molar-refractivity contribution in [3.8, 4) is 0 Å². The van der Waals surface area contributed by atoms with Crippen LogP contribution in [0.3, 0.4) is 0 Å². The smallest absolute Gasteiger partial charge is 0.240 e. The van der Waals surface area contributed by atoms with Crippen molar-refractivity contribution in [2.45, 2.75) is 58.0 Å². The fourth-order valence-electron chi connectivity index (χ4n) is 4.06. The Bertz CT molecular complexity index is 970. The molecule has 1 aromatic carbocycles. The number of amides is 1. The number of carbonyl (C=O) groups excluding carboxylic acids is 1. The van der Waals surface area contributed by atoms with Gasteiger partial charge in [-0.2, -0.15) is 4.98 Å². The summed E-state index contributed by atoms with van der Waals surface area (Å²) in [5, 5.41) is 12.4. The lowest BCUT2D eigenvalue weighted by atomic mass is 9.96. The molecule has 1 aliphatic carbocycles. The first-order valence-corrected chi connectivity index (χ1v) is 10.3. The molecule has 29 heavy (non-hydrogen) atoms. The second kappa shape index (κ2) is 8.32. The van der Waals surface area contributed by atoms with E-state index in [9.17, 15) is 4.79 Å². The molecule has 0 radical (unpaired) electrons. The van der Waals surface area contributed by atoms with Crippen LogP contribution in [-0.4, -0.2) is 39.2 Å². The van der Waals surface area contributed by atoms with Crippen LogP contribution in [0.4, 0.5) is 0 Å². The van der Waals surface area contributed by atoms with Crippen molar-refractivity contribution in [3.63, 3.8) is 0 Å². The highest BCUT2D eigenvalue weighted by Crippen LogP contribution is 2.37. The van der Waals surface area contributed by atoms with Gasteiger partial charge in [-0.3, -0.25) is 9.69 Å². The van der Waals surface area contributed by atoms with E-state index in [2.05, 4.69) is 39.4 Å². The van der Waals surface area contributed by atoms with Crippen molar-refractivity contribution in [2.24, 2.45) is 0 Å². The number of hydrogen-bond acceptors (Lipinski definition) is 7. The molecule has 1 N–H and O–H groups in total. The topological polar surface area (TPSA) is 97.3 Å². The Hall–Kier alpha value is -2.74. The van der Waals surface area contributed by atoms with E-state index in [1.54, 1.807) is 0 Å². The average molecular weight is 397 g/mol. The average Bonchev–Trinajstić information content (AvgIpc) is 3.47. The summed E-state index contributed by atoms with van der Waals surface area (Å²) in [6.45, 7) is 6.67. The number of carbonyl (C=O) groups is 1. The van der Waals surface area contributed by atoms with Gasteiger partial charge in [-0.25, -0.2) is 0 Å². The summed E-state index contributed by atoms with van der Waals surface area (Å²) in [4.78, 5) is 19.7. The van der Waals surface area contributed by atoms with E-state index in [0.717, 1.165) is 44.2 Å². The fourth-order valence-corrected chi connectivity index (χ4v) is 4.06. The number of benzene rings is 1. The predicted molar refractivity (Wildman–Crippen MR) is 107 cm³/mol. The number of para-hydroxylation sites is 1. The Kier molecular flexibility index (Phi) is 5.62. The van der Waals surface area contributed by atoms with Gasteiger partial charge in [-0.1, -0.05) is 49.1 Å². The number of nitrogens with zero attached hydrogens (tertiary/aromatic N) is 4. The van der Waals surface area contributed by atoms with Crippen LogP contribution in [0.1, 0.15) is 56.9 Å². The summed E-state index contributed by atoms with van der Waals surface area (Å²) in [6.07, 6.45) is 3.81. The third kappa shape index (κ3) is 4.03. The molecule has 0 aliphatic heterocycles. The Labute approximate surface area is 169 Å². The molecule has 3 aromatic rings. The zero-order valence-corrected chi connectivity index (χ0v) is 17.0. The lowest BCUT2D eigenvalue weighted by Gasteiger charge is -2.26. The second-order valence-electron chi connectivity index (χ2n) is 7.61. The fraction of sp³-hybridized carbons (Fsp3) is 0.524. The summed E-state index contributed by atoms with van der Waals surface area (Å²) in [5.41, 5.74) is 0.758. The van der Waals surface area contributed by atoms with Gasteiger partial charge >= 0.3 is 0 Å². The first kappa shape index (κ1) is 19.6. The molecule has 2 aromatic heterocycles. The minimum absolute atomic E-state index is 0.110. The number of nitrogens with one attached hydrogen (secondary N) is 1. The summed E-state index contributed by atoms with van der Waals surface area (Å²) < 4.78 is 10.8. The lowest BCUT2D eigenvalue weighted by Crippen LogP contribution is -2.45. The van der Waals surface area contributed by atoms with Crippen molar-refractivity contribution in [3.05, 3.63) is 41.7 Å². The molecule has 0 unspecified atom stereocenters. The summed E-state index contributed by atoms with van der Waals surface area (Å²) in [7, 11) is 0. The molecule has 8 nitrogen and oxygen atoms in total. The van der Waals surface area contributed by atoms with E-state index in [0.29, 0.717) is 29.5 Å². The maximum atomic E-state index is 12.9. The molecule has 0 saturated heterocycles. The van der Waals surface area contributed by atoms with Gasteiger partial charge in [-0.05, 0) is 38.1 Å². The number of rotatable bonds is 8. The third-order valence-corrected chi connectivity index (χ3v) is 5.77. The normalized spacial score (nSPS) is 16.0. The van der Waals surface area contributed by atoms with Crippen LogP contribution in [0.2, 0.25) is 0 Å². The largest absolute Gasteiger partial charge is 0.356 e. The SMILES string of the molecule is CCN(CC)Cc1nc(C2(NC(=O)Cc3noc4ccccc34)CCCC2)no1. The number of aromatic nitrogens is 3. The third-order valence-electron chi connectivity index (χ3n) is 5.77. The quantitative estimate of drug-likeness (QED) is 0.623. The zero-order chi connectivity index (χ0) is 20.3. The maximum Gasteiger partial charge on any atom is 0.240 e. The highest BCUT2D eigenvalue weighted by Gasteiger charge is 2.41. The van der Waals surface area contributed by atoms with Crippen LogP contribution < -0.4 is 5.32 Å². The Morgan fingerprint density at radius 1 is 1.14 bits per heavy atom. The van der Waals surface area contributed by atoms with E-state index >= 15 is 0 Å². The van der Waals surface area contributed by atoms with Crippen molar-refractivity contribution in [1.82, 2.24) is 25.5 Å². The molecular weight excluding hydrogens is 370 g/mol. The van der Waals surface area contributed by atoms with Gasteiger partial charge in [-0.15, -0.1) is 0 Å². The maximum absolute atomic E-state index is 12.9. The first-order chi connectivity index (χ1) is 14.1. The van der Waals surface area contributed by atoms with Crippen molar-refractivity contribution in [2.75, 3.05) is 13.1 Å². The van der Waals surface area contributed by atoms with E-state index in [-0.39, 0.29) is 12.3 Å². The molecule has 0 bridgehead atoms. The van der Waals surface area contributed by atoms with Gasteiger partial charge < -0.3 is 14.4 Å². The van der Waals surface area contributed by atoms with Crippen molar-refractivity contribution in [1.29, 1.82) is 0 Å². The van der Waals surface area contributed by atoms with E-state index in [4.69, 9.17) is 9.05 Å². The predicted octanol–water partition coefficient (Wildman–Crippen LogP) is 3.18. The van der Waals surface area contributed by atoms with Crippen LogP contribution in [0.5, 0.6) is 0 Å². The minimum atomic E-state index is -0.568. The van der Waals surface area contributed by atoms with Crippen LogP contribution >= 0.6 is 0 Å². The van der Waals surface area contributed by atoms with Gasteiger partial charge in [0.1, 0.15) is 11.2 Å². The molecule has 154 valence electrons. The second-order valence-corrected chi connectivity index (χ2v) is 7.61. The van der Waals surface area contributed by atoms with Crippen LogP contribution in [0, 0.1) is 0 Å². The Balaban J connectivity index is 1.50. The summed E-state index contributed by atoms with van der Waals surface area (Å²) >= 11 is 0. The molecule has 2 heterocycles. The highest BCUT2D eigenvalue weighted by atomic mass is 16.5. The van der Waals surface area contributed by atoms with Crippen LogP contribution in [-0.2, 0) is 23.3 Å². The van der Waals surface area contributed by atoms with E-state index in [1.165, 1.54) is 0 Å². The van der Waals surface area contributed by atoms with Crippen molar-refractivity contribution < 1.29 is 13.8 Å². The van der Waals surface area contributed by atoms with Gasteiger partial charge in [0.05, 0.1) is 13.0 Å². The Morgan fingerprint density at radius 2 is 1.90 bits per heavy atom. The Morgan fingerprint density at radius 3 is 2.66 bits per heavy atom. The van der Waals surface area contributed by atoms with Gasteiger partial charge in [0.2, 0.25) is 11.8 Å². The molecule has 1 saturated carbocycles. The standard InChI is InChI=1S/C21H27N5O3/c1-3-26(4-2)14-19-22-20(25-29-19)21(11-7-8-12-21)23-18(27)13-16-15-9-5-6-10-17(15)28-24-16/h5-6,9-10H,3-4,7-8,11-14H2,1-2H3,(H,23,27). The lowest BCUT2D eigenvalue weighted by molar-refractivity contribution is -0.122. The minimum Gasteiger partial charge on any atom is -0.356 e. The zero-order valence-electron chi connectivity index (χ0n) is 17.0. The van der Waals surface area contributed by atoms with Gasteiger partial charge in [0, 0.05) is 5.39 Å². The highest BCUT2D eigenvalue weighted by molar-refractivity contribution is 5.86.